The molecule has 0 aromatic carbocycles. The third kappa shape index (κ3) is 4.77. The highest BCUT2D eigenvalue weighted by molar-refractivity contribution is 8.00. The van der Waals surface area contributed by atoms with Crippen LogP contribution in [0.5, 0.6) is 0 Å². The summed E-state index contributed by atoms with van der Waals surface area (Å²) in [5.41, 5.74) is 6.15. The smallest absolute Gasteiger partial charge is 0.336 e. The number of nitrogen functional groups attached to an aromatic ring is 1. The average Bonchev–Trinajstić information content (AvgIpc) is 3.18. The van der Waals surface area contributed by atoms with Gasteiger partial charge in [-0.05, 0) is 0 Å². The van der Waals surface area contributed by atoms with Crippen molar-refractivity contribution in [1.29, 1.82) is 0 Å². The first-order valence-electron chi connectivity index (χ1n) is 8.62. The molecule has 2 amide bonds. The van der Waals surface area contributed by atoms with Crippen molar-refractivity contribution in [3.63, 3.8) is 0 Å². The molecule has 30 heavy (non-hydrogen) atoms. The molecule has 1 unspecified atom stereocenters. The summed E-state index contributed by atoms with van der Waals surface area (Å²) < 4.78 is 5.11. The summed E-state index contributed by atoms with van der Waals surface area (Å²) in [6.07, 6.45) is 4.77. The lowest BCUT2D eigenvalue weighted by Crippen LogP contribution is -2.69. The summed E-state index contributed by atoms with van der Waals surface area (Å²) in [5.74, 6) is -0.778. The number of rotatable bonds is 8. The number of carbonyl (C=O) groups is 3. The number of aromatic nitrogens is 1. The number of thioether (sulfide) groups is 1. The van der Waals surface area contributed by atoms with Crippen molar-refractivity contribution in [1.82, 2.24) is 15.2 Å². The van der Waals surface area contributed by atoms with E-state index in [0.717, 1.165) is 11.3 Å². The van der Waals surface area contributed by atoms with Gasteiger partial charge in [0.1, 0.15) is 30.8 Å². The topological polar surface area (TPSA) is 136 Å². The van der Waals surface area contributed by atoms with Gasteiger partial charge in [-0.2, -0.15) is 0 Å². The largest absolute Gasteiger partial charge is 0.458 e. The highest BCUT2D eigenvalue weighted by Gasteiger charge is 2.50. The monoisotopic (exact) mass is 471 g/mol. The number of carbonyl (C=O) groups excluding carboxylic acids is 3. The van der Waals surface area contributed by atoms with E-state index >= 15 is 0 Å². The van der Waals surface area contributed by atoms with Crippen molar-refractivity contribution in [2.75, 3.05) is 31.1 Å². The second kappa shape index (κ2) is 9.96. The van der Waals surface area contributed by atoms with E-state index in [2.05, 4.69) is 15.5 Å². The van der Waals surface area contributed by atoms with Crippen LogP contribution in [0.1, 0.15) is 5.69 Å². The lowest BCUT2D eigenvalue weighted by atomic mass is 10.1. The number of anilines is 1. The number of fused-ring (bicyclic) bond motifs is 1. The van der Waals surface area contributed by atoms with Gasteiger partial charge in [-0.25, -0.2) is 9.78 Å². The van der Waals surface area contributed by atoms with Crippen LogP contribution in [0.15, 0.2) is 34.5 Å². The van der Waals surface area contributed by atoms with E-state index in [1.54, 1.807) is 17.5 Å². The number of halogens is 1. The van der Waals surface area contributed by atoms with Crippen molar-refractivity contribution < 1.29 is 24.0 Å². The van der Waals surface area contributed by atoms with Crippen molar-refractivity contribution in [3.05, 3.63) is 35.0 Å². The maximum absolute atomic E-state index is 12.6. The van der Waals surface area contributed by atoms with Gasteiger partial charge in [-0.1, -0.05) is 17.3 Å². The first kappa shape index (κ1) is 22.1. The van der Waals surface area contributed by atoms with Gasteiger partial charge < -0.3 is 25.5 Å². The van der Waals surface area contributed by atoms with E-state index < -0.39 is 17.9 Å². The van der Waals surface area contributed by atoms with Crippen LogP contribution in [0.2, 0.25) is 0 Å². The second-order valence-electron chi connectivity index (χ2n) is 5.97. The van der Waals surface area contributed by atoms with Gasteiger partial charge >= 0.3 is 5.97 Å². The fraction of sp³-hybridized carbons (Fsp3) is 0.353. The molecule has 0 radical (unpaired) electrons. The van der Waals surface area contributed by atoms with Crippen LogP contribution >= 0.6 is 34.7 Å². The lowest BCUT2D eigenvalue weighted by Gasteiger charge is -2.47. The summed E-state index contributed by atoms with van der Waals surface area (Å²) in [5, 5.41) is 7.86. The molecule has 2 atom stereocenters. The number of nitrogens with two attached hydrogens (primary N) is 1. The number of β-lactam (4-membered cyclic amide) rings is 1. The third-order valence-electron chi connectivity index (χ3n) is 4.06. The maximum Gasteiger partial charge on any atom is 0.336 e. The third-order valence-corrected chi connectivity index (χ3v) is 6.23. The normalized spacial score (nSPS) is 21.0. The molecule has 1 aromatic rings. The van der Waals surface area contributed by atoms with Crippen molar-refractivity contribution >= 4 is 63.3 Å². The zero-order valence-corrected chi connectivity index (χ0v) is 18.1. The Kier molecular flexibility index (Phi) is 7.34. The minimum atomic E-state index is -0.763. The van der Waals surface area contributed by atoms with Crippen LogP contribution in [0.4, 0.5) is 5.13 Å². The molecule has 1 saturated heterocycles. The van der Waals surface area contributed by atoms with Gasteiger partial charge in [0.2, 0.25) is 0 Å². The Morgan fingerprint density at radius 3 is 2.97 bits per heavy atom. The molecule has 0 bridgehead atoms. The summed E-state index contributed by atoms with van der Waals surface area (Å²) >= 11 is 8.01. The molecule has 3 rings (SSSR count). The minimum Gasteiger partial charge on any atom is -0.458 e. The molecule has 2 aliphatic heterocycles. The van der Waals surface area contributed by atoms with Gasteiger partial charge in [-0.15, -0.1) is 34.7 Å². The van der Waals surface area contributed by atoms with Crippen molar-refractivity contribution in [2.24, 2.45) is 5.16 Å². The zero-order chi connectivity index (χ0) is 21.7. The molecule has 2 aliphatic rings. The number of oxime groups is 1. The molecular formula is C17H18ClN5O5S2. The van der Waals surface area contributed by atoms with Crippen LogP contribution in [0, 0.1) is 0 Å². The molecule has 0 saturated carbocycles. The number of esters is 1. The number of alkyl halides is 1. The minimum absolute atomic E-state index is 0.0812. The van der Waals surface area contributed by atoms with Gasteiger partial charge in [0.05, 0.1) is 5.57 Å². The first-order valence-corrected chi connectivity index (χ1v) is 11.1. The molecule has 160 valence electrons. The molecule has 1 aromatic heterocycles. The highest BCUT2D eigenvalue weighted by Crippen LogP contribution is 2.36. The zero-order valence-electron chi connectivity index (χ0n) is 15.7. The Labute approximate surface area is 185 Å². The quantitative estimate of drug-likeness (QED) is 0.141. The van der Waals surface area contributed by atoms with E-state index in [1.165, 1.54) is 30.0 Å². The van der Waals surface area contributed by atoms with Crippen LogP contribution in [0.3, 0.4) is 0 Å². The fourth-order valence-electron chi connectivity index (χ4n) is 2.67. The Morgan fingerprint density at radius 2 is 2.30 bits per heavy atom. The number of hydrogen-bond donors (Lipinski definition) is 2. The molecule has 0 aliphatic carbocycles. The standard InChI is InChI=1S/C17H18ClN5O5S2/c1-27-22-11(10-8-30-17(19)20-10)13(24)21-12-14(25)23-6-9(7-29-15(12)23)16(26)28-5-3-2-4-18/h2-3,6,8,12,15H,4-5,7H2,1H3,(H2,19,20)(H,21,24)/t12?,15-/m1/s1. The van der Waals surface area contributed by atoms with Crippen LogP contribution < -0.4 is 11.1 Å². The van der Waals surface area contributed by atoms with Gasteiger partial charge in [0, 0.05) is 23.2 Å². The average molecular weight is 472 g/mol. The predicted molar refractivity (Wildman–Crippen MR) is 114 cm³/mol. The number of nitrogens with zero attached hydrogens (tertiary/aromatic N) is 3. The van der Waals surface area contributed by atoms with Crippen LogP contribution in [-0.2, 0) is 24.0 Å². The van der Waals surface area contributed by atoms with E-state index in [9.17, 15) is 14.4 Å². The maximum atomic E-state index is 12.6. The van der Waals surface area contributed by atoms with Crippen molar-refractivity contribution in [2.45, 2.75) is 11.4 Å². The number of thiazole rings is 1. The van der Waals surface area contributed by atoms with E-state index in [-0.39, 0.29) is 34.4 Å². The molecule has 3 N–H and O–H groups in total. The van der Waals surface area contributed by atoms with Crippen LogP contribution in [0.25, 0.3) is 0 Å². The Balaban J connectivity index is 1.62. The van der Waals surface area contributed by atoms with E-state index in [0.29, 0.717) is 17.2 Å². The van der Waals surface area contributed by atoms with Gasteiger partial charge in [0.15, 0.2) is 10.8 Å². The van der Waals surface area contributed by atoms with Gasteiger partial charge in [0.25, 0.3) is 11.8 Å². The van der Waals surface area contributed by atoms with Gasteiger partial charge in [-0.3, -0.25) is 9.59 Å². The number of ether oxygens (including phenoxy) is 1. The molecular weight excluding hydrogens is 454 g/mol. The molecule has 1 fully saturated rings. The Morgan fingerprint density at radius 1 is 1.50 bits per heavy atom. The van der Waals surface area contributed by atoms with E-state index in [1.807, 2.05) is 0 Å². The summed E-state index contributed by atoms with van der Waals surface area (Å²) in [7, 11) is 1.30. The first-order chi connectivity index (χ1) is 14.5. The number of nitrogens with one attached hydrogen (secondary N) is 1. The number of allylic oxidation sites excluding steroid dienone is 1. The second-order valence-corrected chi connectivity index (χ2v) is 8.27. The highest BCUT2D eigenvalue weighted by atomic mass is 35.5. The fourth-order valence-corrected chi connectivity index (χ4v) is 4.59. The molecule has 13 heteroatoms. The van der Waals surface area contributed by atoms with E-state index in [4.69, 9.17) is 26.9 Å². The number of amides is 2. The van der Waals surface area contributed by atoms with Crippen molar-refractivity contribution in [3.8, 4) is 0 Å². The molecule has 10 nitrogen and oxygen atoms in total. The number of hydrogen-bond acceptors (Lipinski definition) is 10. The summed E-state index contributed by atoms with van der Waals surface area (Å²) in [6, 6.07) is -0.763. The molecule has 3 heterocycles. The Hall–Kier alpha value is -2.57. The molecule has 0 spiro atoms. The SMILES string of the molecule is CON=C(C(=O)NC1C(=O)N2C=C(C(=O)OCC=CCCl)CS[C@H]12)c1csc(N)n1. The Bertz CT molecular complexity index is 931. The summed E-state index contributed by atoms with van der Waals surface area (Å²) in [4.78, 5) is 47.4. The summed E-state index contributed by atoms with van der Waals surface area (Å²) in [6.45, 7) is 0.104. The predicted octanol–water partition coefficient (Wildman–Crippen LogP) is 0.698. The lowest BCUT2D eigenvalue weighted by molar-refractivity contribution is -0.144. The van der Waals surface area contributed by atoms with Crippen LogP contribution in [-0.4, -0.2) is 70.1 Å².